The molecule has 2 heterocycles. The zero-order chi connectivity index (χ0) is 11.8. The SMILES string of the molecule is C=C1C(=O)NOc2cccc(-c3ccc[nH]3)c21. The second-order valence-electron chi connectivity index (χ2n) is 3.77. The number of H-pyrrole nitrogens is 1. The van der Waals surface area contributed by atoms with Crippen LogP contribution in [0.5, 0.6) is 5.75 Å². The Morgan fingerprint density at radius 2 is 2.06 bits per heavy atom. The lowest BCUT2D eigenvalue weighted by Gasteiger charge is -2.20. The predicted molar refractivity (Wildman–Crippen MR) is 64.0 cm³/mol. The average molecular weight is 226 g/mol. The van der Waals surface area contributed by atoms with E-state index in [4.69, 9.17) is 4.84 Å². The zero-order valence-corrected chi connectivity index (χ0v) is 8.99. The van der Waals surface area contributed by atoms with Gasteiger partial charge in [0.2, 0.25) is 0 Å². The second-order valence-corrected chi connectivity index (χ2v) is 3.77. The molecule has 1 aliphatic heterocycles. The standard InChI is InChI=1S/C13H10N2O2/c1-8-12-9(10-5-3-7-14-10)4-2-6-11(12)17-15-13(8)16/h2-7,14H,1H2,(H,15,16). The number of fused-ring (bicyclic) bond motifs is 1. The van der Waals surface area contributed by atoms with Gasteiger partial charge in [0.1, 0.15) is 0 Å². The maximum absolute atomic E-state index is 11.5. The van der Waals surface area contributed by atoms with Crippen molar-refractivity contribution in [3.05, 3.63) is 48.7 Å². The molecule has 2 aromatic rings. The molecule has 1 aromatic carbocycles. The summed E-state index contributed by atoms with van der Waals surface area (Å²) in [5, 5.41) is 0. The van der Waals surface area contributed by atoms with Crippen molar-refractivity contribution in [2.75, 3.05) is 0 Å². The monoisotopic (exact) mass is 226 g/mol. The van der Waals surface area contributed by atoms with E-state index in [9.17, 15) is 4.79 Å². The van der Waals surface area contributed by atoms with Gasteiger partial charge in [0.25, 0.3) is 5.91 Å². The van der Waals surface area contributed by atoms with Crippen molar-refractivity contribution in [2.45, 2.75) is 0 Å². The normalized spacial score (nSPS) is 13.9. The highest BCUT2D eigenvalue weighted by Gasteiger charge is 2.24. The first kappa shape index (κ1) is 9.72. The number of aromatic amines is 1. The molecule has 1 aromatic heterocycles. The molecule has 3 rings (SSSR count). The summed E-state index contributed by atoms with van der Waals surface area (Å²) >= 11 is 0. The van der Waals surface area contributed by atoms with E-state index >= 15 is 0 Å². The quantitative estimate of drug-likeness (QED) is 0.732. The first-order valence-electron chi connectivity index (χ1n) is 5.20. The summed E-state index contributed by atoms with van der Waals surface area (Å²) in [6, 6.07) is 9.45. The van der Waals surface area contributed by atoms with Gasteiger partial charge in [0.15, 0.2) is 5.75 Å². The van der Waals surface area contributed by atoms with Crippen LogP contribution in [0.25, 0.3) is 16.8 Å². The molecule has 17 heavy (non-hydrogen) atoms. The summed E-state index contributed by atoms with van der Waals surface area (Å²) in [6.07, 6.45) is 1.83. The van der Waals surface area contributed by atoms with Crippen LogP contribution in [0, 0.1) is 0 Å². The van der Waals surface area contributed by atoms with Crippen molar-refractivity contribution < 1.29 is 9.63 Å². The average Bonchev–Trinajstić information content (AvgIpc) is 2.87. The maximum atomic E-state index is 11.5. The molecular formula is C13H10N2O2. The van der Waals surface area contributed by atoms with Gasteiger partial charge in [-0.15, -0.1) is 0 Å². The van der Waals surface area contributed by atoms with Crippen LogP contribution in [0.1, 0.15) is 5.56 Å². The van der Waals surface area contributed by atoms with Gasteiger partial charge in [0, 0.05) is 28.6 Å². The van der Waals surface area contributed by atoms with Crippen LogP contribution in [-0.2, 0) is 4.79 Å². The van der Waals surface area contributed by atoms with E-state index < -0.39 is 0 Å². The van der Waals surface area contributed by atoms with Gasteiger partial charge in [-0.05, 0) is 18.2 Å². The topological polar surface area (TPSA) is 54.1 Å². The van der Waals surface area contributed by atoms with Gasteiger partial charge in [-0.25, -0.2) is 0 Å². The van der Waals surface area contributed by atoms with E-state index in [1.807, 2.05) is 30.5 Å². The highest BCUT2D eigenvalue weighted by atomic mass is 16.7. The Hall–Kier alpha value is -2.49. The van der Waals surface area contributed by atoms with Crippen LogP contribution in [0.4, 0.5) is 0 Å². The Balaban J connectivity index is 2.25. The third-order valence-electron chi connectivity index (χ3n) is 2.74. The van der Waals surface area contributed by atoms with E-state index in [1.54, 1.807) is 6.07 Å². The summed E-state index contributed by atoms with van der Waals surface area (Å²) < 4.78 is 0. The minimum absolute atomic E-state index is 0.309. The van der Waals surface area contributed by atoms with Crippen LogP contribution in [-0.4, -0.2) is 10.9 Å². The smallest absolute Gasteiger partial charge is 0.284 e. The summed E-state index contributed by atoms with van der Waals surface area (Å²) in [5.41, 5.74) is 5.30. The molecule has 0 saturated carbocycles. The molecule has 1 aliphatic rings. The van der Waals surface area contributed by atoms with Crippen molar-refractivity contribution in [3.8, 4) is 17.0 Å². The fraction of sp³-hybridized carbons (Fsp3) is 0. The number of nitrogens with one attached hydrogen (secondary N) is 2. The predicted octanol–water partition coefficient (Wildman–Crippen LogP) is 2.12. The first-order valence-corrected chi connectivity index (χ1v) is 5.20. The highest BCUT2D eigenvalue weighted by molar-refractivity contribution is 6.21. The fourth-order valence-corrected chi connectivity index (χ4v) is 1.93. The Bertz CT molecular complexity index is 600. The molecule has 0 fully saturated rings. The molecule has 0 unspecified atom stereocenters. The summed E-state index contributed by atoms with van der Waals surface area (Å²) in [6.45, 7) is 3.80. The molecule has 0 aliphatic carbocycles. The van der Waals surface area contributed by atoms with Gasteiger partial charge in [-0.2, -0.15) is 5.48 Å². The fourth-order valence-electron chi connectivity index (χ4n) is 1.93. The molecule has 0 bridgehead atoms. The number of benzene rings is 1. The molecule has 1 amide bonds. The van der Waals surface area contributed by atoms with E-state index in [2.05, 4.69) is 17.0 Å². The highest BCUT2D eigenvalue weighted by Crippen LogP contribution is 2.36. The largest absolute Gasteiger partial charge is 0.379 e. The van der Waals surface area contributed by atoms with E-state index in [0.29, 0.717) is 11.3 Å². The van der Waals surface area contributed by atoms with Crippen molar-refractivity contribution in [1.29, 1.82) is 0 Å². The summed E-state index contributed by atoms with van der Waals surface area (Å²) in [7, 11) is 0. The number of rotatable bonds is 1. The van der Waals surface area contributed by atoms with Crippen LogP contribution in [0.2, 0.25) is 0 Å². The number of carbonyl (C=O) groups is 1. The number of amides is 1. The Morgan fingerprint density at radius 1 is 1.18 bits per heavy atom. The lowest BCUT2D eigenvalue weighted by atomic mass is 9.96. The summed E-state index contributed by atoms with van der Waals surface area (Å²) in [5.74, 6) is 0.304. The molecule has 84 valence electrons. The van der Waals surface area contributed by atoms with E-state index in [0.717, 1.165) is 16.8 Å². The van der Waals surface area contributed by atoms with Crippen LogP contribution in [0.3, 0.4) is 0 Å². The van der Waals surface area contributed by atoms with Gasteiger partial charge in [-0.1, -0.05) is 18.7 Å². The third kappa shape index (κ3) is 1.42. The number of carbonyl (C=O) groups excluding carboxylic acids is 1. The molecule has 0 radical (unpaired) electrons. The molecule has 4 nitrogen and oxygen atoms in total. The van der Waals surface area contributed by atoms with Gasteiger partial charge in [0.05, 0.1) is 0 Å². The number of hydrogen-bond donors (Lipinski definition) is 2. The zero-order valence-electron chi connectivity index (χ0n) is 8.99. The van der Waals surface area contributed by atoms with Crippen LogP contribution >= 0.6 is 0 Å². The van der Waals surface area contributed by atoms with Gasteiger partial charge >= 0.3 is 0 Å². The molecule has 0 spiro atoms. The minimum atomic E-state index is -0.309. The number of hydrogen-bond acceptors (Lipinski definition) is 2. The Morgan fingerprint density at radius 3 is 2.82 bits per heavy atom. The molecular weight excluding hydrogens is 216 g/mol. The molecule has 0 atom stereocenters. The maximum Gasteiger partial charge on any atom is 0.284 e. The third-order valence-corrected chi connectivity index (χ3v) is 2.74. The van der Waals surface area contributed by atoms with Crippen molar-refractivity contribution in [1.82, 2.24) is 10.5 Å². The van der Waals surface area contributed by atoms with Crippen LogP contribution in [0.15, 0.2) is 43.1 Å². The van der Waals surface area contributed by atoms with Crippen LogP contribution < -0.4 is 10.3 Å². The lowest BCUT2D eigenvalue weighted by molar-refractivity contribution is -0.122. The molecule has 4 heteroatoms. The molecule has 0 saturated heterocycles. The van der Waals surface area contributed by atoms with Crippen molar-refractivity contribution >= 4 is 11.5 Å². The number of hydroxylamine groups is 1. The Kier molecular flexibility index (Phi) is 2.01. The Labute approximate surface area is 97.9 Å². The number of aromatic nitrogens is 1. The van der Waals surface area contributed by atoms with E-state index in [1.165, 1.54) is 0 Å². The second kappa shape index (κ2) is 3.52. The first-order chi connectivity index (χ1) is 8.27. The van der Waals surface area contributed by atoms with Gasteiger partial charge < -0.3 is 9.82 Å². The van der Waals surface area contributed by atoms with Crippen molar-refractivity contribution in [3.63, 3.8) is 0 Å². The molecule has 2 N–H and O–H groups in total. The lowest BCUT2D eigenvalue weighted by Crippen LogP contribution is -2.32. The van der Waals surface area contributed by atoms with Gasteiger partial charge in [-0.3, -0.25) is 4.79 Å². The van der Waals surface area contributed by atoms with Crippen molar-refractivity contribution in [2.24, 2.45) is 0 Å². The van der Waals surface area contributed by atoms with E-state index in [-0.39, 0.29) is 5.91 Å². The minimum Gasteiger partial charge on any atom is -0.379 e. The summed E-state index contributed by atoms with van der Waals surface area (Å²) in [4.78, 5) is 19.8.